The van der Waals surface area contributed by atoms with E-state index in [1.807, 2.05) is 12.1 Å². The van der Waals surface area contributed by atoms with Crippen LogP contribution in [0.2, 0.25) is 0 Å². The molecule has 0 bridgehead atoms. The van der Waals surface area contributed by atoms with E-state index in [-0.39, 0.29) is 18.0 Å². The lowest BCUT2D eigenvalue weighted by Gasteiger charge is -2.34. The molecule has 1 heterocycles. The molecule has 212 valence electrons. The Kier molecular flexibility index (Phi) is 11.0. The zero-order valence-electron chi connectivity index (χ0n) is 24.9. The number of rotatable bonds is 15. The molecule has 39 heavy (non-hydrogen) atoms. The molecule has 1 N–H and O–H groups in total. The summed E-state index contributed by atoms with van der Waals surface area (Å²) in [6.07, 6.45) is 14.4. The highest BCUT2D eigenvalue weighted by Gasteiger charge is 2.31. The van der Waals surface area contributed by atoms with Crippen LogP contribution in [0.1, 0.15) is 113 Å². The van der Waals surface area contributed by atoms with Gasteiger partial charge in [0.25, 0.3) is 0 Å². The summed E-state index contributed by atoms with van der Waals surface area (Å²) >= 11 is 0. The van der Waals surface area contributed by atoms with Crippen LogP contribution in [-0.4, -0.2) is 23.3 Å². The van der Waals surface area contributed by atoms with Crippen molar-refractivity contribution < 1.29 is 19.4 Å². The van der Waals surface area contributed by atoms with E-state index in [0.29, 0.717) is 12.2 Å². The van der Waals surface area contributed by atoms with Crippen molar-refractivity contribution in [2.75, 3.05) is 6.61 Å². The number of carbonyl (C=O) groups is 1. The van der Waals surface area contributed by atoms with E-state index in [9.17, 15) is 9.90 Å². The maximum atomic E-state index is 11.3. The molecule has 2 aromatic carbocycles. The summed E-state index contributed by atoms with van der Waals surface area (Å²) in [5.74, 6) is 1.16. The van der Waals surface area contributed by atoms with Gasteiger partial charge in [-0.05, 0) is 79.5 Å². The van der Waals surface area contributed by atoms with Crippen molar-refractivity contribution in [3.63, 3.8) is 0 Å². The van der Waals surface area contributed by atoms with Crippen molar-refractivity contribution in [3.8, 4) is 5.75 Å². The third kappa shape index (κ3) is 7.63. The van der Waals surface area contributed by atoms with E-state index in [4.69, 9.17) is 9.47 Å². The molecule has 0 aliphatic carbocycles. The molecule has 4 nitrogen and oxygen atoms in total. The molecule has 0 fully saturated rings. The second-order valence-corrected chi connectivity index (χ2v) is 11.1. The summed E-state index contributed by atoms with van der Waals surface area (Å²) in [6.45, 7) is 13.3. The second kappa shape index (κ2) is 14.0. The lowest BCUT2D eigenvalue weighted by Crippen LogP contribution is -2.26. The van der Waals surface area contributed by atoms with Crippen LogP contribution in [-0.2, 0) is 14.9 Å². The van der Waals surface area contributed by atoms with E-state index in [2.05, 4.69) is 78.0 Å². The fourth-order valence-corrected chi connectivity index (χ4v) is 5.65. The Morgan fingerprint density at radius 2 is 1.62 bits per heavy atom. The highest BCUT2D eigenvalue weighted by molar-refractivity contribution is 5.75. The van der Waals surface area contributed by atoms with Crippen molar-refractivity contribution in [1.82, 2.24) is 0 Å². The molecule has 3 rings (SSSR count). The summed E-state index contributed by atoms with van der Waals surface area (Å²) in [6, 6.07) is 13.2. The Hall–Kier alpha value is -2.85. The van der Waals surface area contributed by atoms with Crippen molar-refractivity contribution in [3.05, 3.63) is 82.1 Å². The number of aliphatic hydroxyl groups is 1. The van der Waals surface area contributed by atoms with Crippen LogP contribution >= 0.6 is 0 Å². The van der Waals surface area contributed by atoms with Gasteiger partial charge in [-0.2, -0.15) is 0 Å². The van der Waals surface area contributed by atoms with Gasteiger partial charge in [0.05, 0.1) is 12.0 Å². The van der Waals surface area contributed by atoms with Crippen molar-refractivity contribution in [1.29, 1.82) is 0 Å². The van der Waals surface area contributed by atoms with Gasteiger partial charge in [-0.3, -0.25) is 4.79 Å². The monoisotopic (exact) mass is 532 g/mol. The third-order valence-corrected chi connectivity index (χ3v) is 8.52. The molecular formula is C35H48O4. The average Bonchev–Trinajstić information content (AvgIpc) is 3.36. The Labute approximate surface area is 236 Å². The van der Waals surface area contributed by atoms with Gasteiger partial charge in [0.2, 0.25) is 0 Å². The first-order valence-corrected chi connectivity index (χ1v) is 14.9. The van der Waals surface area contributed by atoms with Crippen LogP contribution in [0.3, 0.4) is 0 Å². The number of benzene rings is 2. The molecular weight excluding hydrogens is 484 g/mol. The van der Waals surface area contributed by atoms with Gasteiger partial charge in [-0.1, -0.05) is 95.9 Å². The fraction of sp³-hybridized carbons (Fsp3) is 0.514. The number of esters is 1. The van der Waals surface area contributed by atoms with Gasteiger partial charge in [0.1, 0.15) is 18.1 Å². The van der Waals surface area contributed by atoms with Crippen LogP contribution in [0.15, 0.2) is 54.3 Å². The minimum Gasteiger partial charge on any atom is -0.485 e. The summed E-state index contributed by atoms with van der Waals surface area (Å²) in [4.78, 5) is 11.3. The average molecular weight is 533 g/mol. The molecule has 4 heteroatoms. The number of unbranched alkanes of at least 4 members (excludes halogenated alkanes) is 3. The van der Waals surface area contributed by atoms with Crippen LogP contribution in [0.4, 0.5) is 0 Å². The Balaban J connectivity index is 1.80. The van der Waals surface area contributed by atoms with E-state index in [1.165, 1.54) is 36.0 Å². The smallest absolute Gasteiger partial charge is 0.314 e. The van der Waals surface area contributed by atoms with E-state index >= 15 is 0 Å². The maximum Gasteiger partial charge on any atom is 0.314 e. The zero-order chi connectivity index (χ0) is 28.5. The summed E-state index contributed by atoms with van der Waals surface area (Å²) < 4.78 is 11.1. The minimum absolute atomic E-state index is 0.108. The van der Waals surface area contributed by atoms with Gasteiger partial charge in [0, 0.05) is 5.41 Å². The van der Waals surface area contributed by atoms with Gasteiger partial charge in [0.15, 0.2) is 0 Å². The second-order valence-electron chi connectivity index (χ2n) is 11.1. The van der Waals surface area contributed by atoms with E-state index in [0.717, 1.165) is 49.0 Å². The molecule has 1 unspecified atom stereocenters. The fourth-order valence-electron chi connectivity index (χ4n) is 5.65. The lowest BCUT2D eigenvalue weighted by molar-refractivity contribution is -0.136. The largest absolute Gasteiger partial charge is 0.485 e. The third-order valence-electron chi connectivity index (χ3n) is 8.52. The van der Waals surface area contributed by atoms with Crippen LogP contribution in [0.5, 0.6) is 5.75 Å². The van der Waals surface area contributed by atoms with Crippen LogP contribution < -0.4 is 4.74 Å². The quantitative estimate of drug-likeness (QED) is 0.184. The number of carbonyl (C=O) groups excluding carboxylic acids is 1. The highest BCUT2D eigenvalue weighted by atomic mass is 16.6. The first kappa shape index (κ1) is 30.7. The molecule has 0 amide bonds. The molecule has 0 aromatic heterocycles. The molecule has 0 saturated heterocycles. The topological polar surface area (TPSA) is 55.8 Å². The number of aryl methyl sites for hydroxylation is 2. The zero-order valence-corrected chi connectivity index (χ0v) is 24.9. The lowest BCUT2D eigenvalue weighted by atomic mass is 9.70. The molecule has 2 aromatic rings. The van der Waals surface area contributed by atoms with Gasteiger partial charge in [-0.25, -0.2) is 0 Å². The molecule has 1 aliphatic rings. The summed E-state index contributed by atoms with van der Waals surface area (Å²) in [7, 11) is 0. The number of cyclic esters (lactones) is 1. The minimum atomic E-state index is -0.743. The van der Waals surface area contributed by atoms with Gasteiger partial charge < -0.3 is 14.6 Å². The van der Waals surface area contributed by atoms with Crippen molar-refractivity contribution >= 4 is 12.0 Å². The van der Waals surface area contributed by atoms with E-state index in [1.54, 1.807) is 6.08 Å². The molecule has 1 atom stereocenters. The Bertz CT molecular complexity index is 1170. The number of ether oxygens (including phenoxy) is 2. The highest BCUT2D eigenvalue weighted by Crippen LogP contribution is 2.41. The molecule has 0 saturated carbocycles. The molecule has 1 aliphatic heterocycles. The van der Waals surface area contributed by atoms with Gasteiger partial charge in [-0.15, -0.1) is 0 Å². The van der Waals surface area contributed by atoms with Crippen LogP contribution in [0.25, 0.3) is 6.08 Å². The predicted octanol–water partition coefficient (Wildman–Crippen LogP) is 8.74. The predicted molar refractivity (Wildman–Crippen MR) is 161 cm³/mol. The Morgan fingerprint density at radius 3 is 2.18 bits per heavy atom. The van der Waals surface area contributed by atoms with Crippen LogP contribution in [0, 0.1) is 13.8 Å². The normalized spacial score (nSPS) is 15.4. The molecule has 0 radical (unpaired) electrons. The maximum absolute atomic E-state index is 11.3. The SMILES string of the molecule is CCCCCCC(O)(C=Cc1ccc(C(CC)(CC)c2ccc(OCC3=CCC(=O)O3)c(C)c2)cc1C)CC. The van der Waals surface area contributed by atoms with E-state index < -0.39 is 5.60 Å². The first-order chi connectivity index (χ1) is 18.7. The first-order valence-electron chi connectivity index (χ1n) is 14.9. The summed E-state index contributed by atoms with van der Waals surface area (Å²) in [5.41, 5.74) is 5.17. The summed E-state index contributed by atoms with van der Waals surface area (Å²) in [5, 5.41) is 11.1. The Morgan fingerprint density at radius 1 is 0.923 bits per heavy atom. The molecule has 0 spiro atoms. The van der Waals surface area contributed by atoms with Crippen molar-refractivity contribution in [2.45, 2.75) is 110 Å². The van der Waals surface area contributed by atoms with Crippen molar-refractivity contribution in [2.24, 2.45) is 0 Å². The standard InChI is InChI=1S/C35H48O4/c1-7-11-12-13-21-34(37,8-2)22-20-28-14-15-29(23-26(28)5)35(9-3,10-4)30-16-18-32(27(6)24-30)38-25-31-17-19-33(36)39-31/h14-18,20,22-24,37H,7-13,19,21,25H2,1-6H3. The van der Waals surface area contributed by atoms with Gasteiger partial charge >= 0.3 is 5.97 Å². The number of hydrogen-bond acceptors (Lipinski definition) is 4. The number of hydrogen-bond donors (Lipinski definition) is 1.